The zero-order valence-corrected chi connectivity index (χ0v) is 22.1. The molecule has 0 radical (unpaired) electrons. The molecule has 1 aromatic heterocycles. The highest BCUT2D eigenvalue weighted by molar-refractivity contribution is 7.98. The van der Waals surface area contributed by atoms with E-state index >= 15 is 0 Å². The Bertz CT molecular complexity index is 1280. The van der Waals surface area contributed by atoms with Gasteiger partial charge >= 0.3 is 0 Å². The first-order valence-corrected chi connectivity index (χ1v) is 14.4. The maximum absolute atomic E-state index is 6.68. The molecular weight excluding hydrogens is 497 g/mol. The zero-order chi connectivity index (χ0) is 23.7. The number of ether oxygens (including phenoxy) is 1. The van der Waals surface area contributed by atoms with Crippen molar-refractivity contribution in [3.05, 3.63) is 57.7 Å². The third-order valence-corrected chi connectivity index (χ3v) is 10.4. The molecule has 4 bridgehead atoms. The van der Waals surface area contributed by atoms with E-state index in [0.717, 1.165) is 58.8 Å². The smallest absolute Gasteiger partial charge is 0.119 e. The first-order chi connectivity index (χ1) is 17.1. The second kappa shape index (κ2) is 8.72. The summed E-state index contributed by atoms with van der Waals surface area (Å²) in [5.41, 5.74) is 5.54. The van der Waals surface area contributed by atoms with Crippen LogP contribution in [0.5, 0.6) is 5.75 Å². The number of aromatic nitrogens is 2. The van der Waals surface area contributed by atoms with Crippen LogP contribution >= 0.6 is 35.0 Å². The molecule has 4 nitrogen and oxygen atoms in total. The van der Waals surface area contributed by atoms with Gasteiger partial charge in [0.15, 0.2) is 0 Å². The van der Waals surface area contributed by atoms with E-state index in [0.29, 0.717) is 16.1 Å². The van der Waals surface area contributed by atoms with Gasteiger partial charge in [-0.25, -0.2) is 4.68 Å². The van der Waals surface area contributed by atoms with E-state index in [2.05, 4.69) is 17.4 Å². The Hall–Kier alpha value is -1.66. The molecule has 1 aliphatic heterocycles. The number of benzene rings is 2. The van der Waals surface area contributed by atoms with E-state index in [1.54, 1.807) is 13.2 Å². The molecule has 4 saturated carbocycles. The summed E-state index contributed by atoms with van der Waals surface area (Å²) in [6.07, 6.45) is 7.16. The highest BCUT2D eigenvalue weighted by Crippen LogP contribution is 2.54. The van der Waals surface area contributed by atoms with E-state index in [1.807, 2.05) is 34.6 Å². The van der Waals surface area contributed by atoms with Gasteiger partial charge in [0.2, 0.25) is 0 Å². The Balaban J connectivity index is 1.27. The molecule has 0 saturated heterocycles. The fourth-order valence-corrected chi connectivity index (χ4v) is 9.09. The summed E-state index contributed by atoms with van der Waals surface area (Å²) in [6, 6.07) is 12.6. The predicted octanol–water partition coefficient (Wildman–Crippen LogP) is 7.37. The van der Waals surface area contributed by atoms with Gasteiger partial charge in [0, 0.05) is 28.9 Å². The SMILES string of the molecule is COc1ccc2c(c1)CSc1c(CNC3C4CC5CC(C4)CC3C5)nn(-c3ccc(Cl)cc3Cl)c1-2. The van der Waals surface area contributed by atoms with Gasteiger partial charge in [-0.3, -0.25) is 0 Å². The lowest BCUT2D eigenvalue weighted by atomic mass is 9.54. The van der Waals surface area contributed by atoms with Crippen molar-refractivity contribution < 1.29 is 4.74 Å². The van der Waals surface area contributed by atoms with E-state index in [9.17, 15) is 0 Å². The molecule has 35 heavy (non-hydrogen) atoms. The maximum Gasteiger partial charge on any atom is 0.119 e. The van der Waals surface area contributed by atoms with Crippen LogP contribution in [0.3, 0.4) is 0 Å². The van der Waals surface area contributed by atoms with E-state index in [4.69, 9.17) is 33.0 Å². The van der Waals surface area contributed by atoms with Crippen molar-refractivity contribution in [3.63, 3.8) is 0 Å². The highest BCUT2D eigenvalue weighted by atomic mass is 35.5. The van der Waals surface area contributed by atoms with Gasteiger partial charge in [-0.05, 0) is 97.7 Å². The Morgan fingerprint density at radius 3 is 2.51 bits per heavy atom. The quantitative estimate of drug-likeness (QED) is 0.377. The Kier molecular flexibility index (Phi) is 5.62. The fourth-order valence-electron chi connectivity index (χ4n) is 7.45. The zero-order valence-electron chi connectivity index (χ0n) is 19.8. The second-order valence-electron chi connectivity index (χ2n) is 10.8. The van der Waals surface area contributed by atoms with Gasteiger partial charge in [0.05, 0.1) is 34.1 Å². The topological polar surface area (TPSA) is 39.1 Å². The van der Waals surface area contributed by atoms with E-state index in [1.165, 1.54) is 48.1 Å². The number of thioether (sulfide) groups is 1. The molecule has 0 unspecified atom stereocenters. The monoisotopic (exact) mass is 525 g/mol. The van der Waals surface area contributed by atoms with Gasteiger partial charge in [-0.15, -0.1) is 11.8 Å². The first-order valence-electron chi connectivity index (χ1n) is 12.7. The lowest BCUT2D eigenvalue weighted by Crippen LogP contribution is -2.54. The van der Waals surface area contributed by atoms with Crippen LogP contribution in [-0.2, 0) is 12.3 Å². The van der Waals surface area contributed by atoms with Crippen molar-refractivity contribution in [1.29, 1.82) is 0 Å². The molecule has 8 rings (SSSR count). The molecule has 2 aromatic carbocycles. The number of halogens is 2. The molecule has 0 spiro atoms. The first kappa shape index (κ1) is 22.5. The average molecular weight is 527 g/mol. The third kappa shape index (κ3) is 3.81. The van der Waals surface area contributed by atoms with Gasteiger partial charge in [0.1, 0.15) is 5.75 Å². The molecule has 5 aliphatic rings. The van der Waals surface area contributed by atoms with Gasteiger partial charge in [0.25, 0.3) is 0 Å². The van der Waals surface area contributed by atoms with Crippen LogP contribution in [-0.4, -0.2) is 22.9 Å². The largest absolute Gasteiger partial charge is 0.497 e. The Morgan fingerprint density at radius 1 is 1.03 bits per heavy atom. The van der Waals surface area contributed by atoms with Gasteiger partial charge in [-0.1, -0.05) is 23.2 Å². The van der Waals surface area contributed by atoms with Crippen molar-refractivity contribution in [2.45, 2.75) is 55.3 Å². The molecule has 7 heteroatoms. The molecular formula is C28H29Cl2N3OS. The van der Waals surface area contributed by atoms with Crippen molar-refractivity contribution in [1.82, 2.24) is 15.1 Å². The summed E-state index contributed by atoms with van der Waals surface area (Å²) in [4.78, 5) is 1.25. The summed E-state index contributed by atoms with van der Waals surface area (Å²) in [5.74, 6) is 5.45. The minimum atomic E-state index is 0.606. The molecule has 0 atom stereocenters. The van der Waals surface area contributed by atoms with Crippen molar-refractivity contribution in [2.24, 2.45) is 23.7 Å². The summed E-state index contributed by atoms with van der Waals surface area (Å²) >= 11 is 14.8. The normalized spacial score (nSPS) is 28.1. The molecule has 0 amide bonds. The number of fused-ring (bicyclic) bond motifs is 3. The predicted molar refractivity (Wildman–Crippen MR) is 143 cm³/mol. The molecule has 2 heterocycles. The van der Waals surface area contributed by atoms with Crippen LogP contribution in [0.4, 0.5) is 0 Å². The van der Waals surface area contributed by atoms with Crippen LogP contribution < -0.4 is 10.1 Å². The number of methoxy groups -OCH3 is 1. The van der Waals surface area contributed by atoms with Crippen LogP contribution in [0.2, 0.25) is 10.0 Å². The minimum Gasteiger partial charge on any atom is -0.497 e. The fraction of sp³-hybridized carbons (Fsp3) is 0.464. The van der Waals surface area contributed by atoms with Crippen LogP contribution in [0.1, 0.15) is 43.4 Å². The summed E-state index contributed by atoms with van der Waals surface area (Å²) in [6.45, 7) is 0.798. The maximum atomic E-state index is 6.68. The van der Waals surface area contributed by atoms with Crippen molar-refractivity contribution >= 4 is 35.0 Å². The molecule has 4 fully saturated rings. The third-order valence-electron chi connectivity index (χ3n) is 8.72. The van der Waals surface area contributed by atoms with Crippen molar-refractivity contribution in [3.8, 4) is 22.7 Å². The standard InChI is InChI=1S/C28H29Cl2N3OS/c1-34-21-3-4-22-19(11-21)14-35-28-24(32-33(27(22)28)25-5-2-20(29)12-23(25)30)13-31-26-17-7-15-6-16(9-17)10-18(26)8-15/h2-5,11-12,15-18,26,31H,6-10,13-14H2,1H3. The Morgan fingerprint density at radius 2 is 1.80 bits per heavy atom. The molecule has 4 aliphatic carbocycles. The number of nitrogens with one attached hydrogen (secondary N) is 1. The van der Waals surface area contributed by atoms with Gasteiger partial charge < -0.3 is 10.1 Å². The summed E-state index contributed by atoms with van der Waals surface area (Å²) in [5, 5.41) is 10.4. The van der Waals surface area contributed by atoms with Crippen LogP contribution in [0.15, 0.2) is 41.3 Å². The molecule has 3 aromatic rings. The second-order valence-corrected chi connectivity index (χ2v) is 12.6. The van der Waals surface area contributed by atoms with E-state index in [-0.39, 0.29) is 0 Å². The molecule has 182 valence electrons. The summed E-state index contributed by atoms with van der Waals surface area (Å²) < 4.78 is 7.52. The Labute approximate surface area is 220 Å². The lowest BCUT2D eigenvalue weighted by molar-refractivity contribution is -0.0144. The number of hydrogen-bond donors (Lipinski definition) is 1. The minimum absolute atomic E-state index is 0.606. The van der Waals surface area contributed by atoms with Crippen LogP contribution in [0, 0.1) is 23.7 Å². The number of rotatable bonds is 5. The summed E-state index contributed by atoms with van der Waals surface area (Å²) in [7, 11) is 1.72. The van der Waals surface area contributed by atoms with E-state index < -0.39 is 0 Å². The molecule has 1 N–H and O–H groups in total. The highest BCUT2D eigenvalue weighted by Gasteiger charge is 2.48. The van der Waals surface area contributed by atoms with Crippen LogP contribution in [0.25, 0.3) is 16.9 Å². The lowest BCUT2D eigenvalue weighted by Gasteiger charge is -2.54. The van der Waals surface area contributed by atoms with Crippen molar-refractivity contribution in [2.75, 3.05) is 7.11 Å². The van der Waals surface area contributed by atoms with Gasteiger partial charge in [-0.2, -0.15) is 5.10 Å². The number of nitrogens with zero attached hydrogens (tertiary/aromatic N) is 2. The number of hydrogen-bond acceptors (Lipinski definition) is 4. The average Bonchev–Trinajstić information content (AvgIpc) is 3.21.